The number of hydrogen-bond acceptors (Lipinski definition) is 3. The van der Waals surface area contributed by atoms with Crippen LogP contribution in [0.3, 0.4) is 0 Å². The number of aliphatic hydroxyl groups excluding tert-OH is 1. The largest absolute Gasteiger partial charge is 0.392 e. The predicted octanol–water partition coefficient (Wildman–Crippen LogP) is 3.88. The second kappa shape index (κ2) is 4.23. The molecule has 4 heteroatoms. The van der Waals surface area contributed by atoms with Gasteiger partial charge < -0.3 is 5.11 Å². The zero-order chi connectivity index (χ0) is 10.1. The third-order valence-corrected chi connectivity index (χ3v) is 5.46. The Hall–Kier alpha value is -0.0300. The predicted molar refractivity (Wildman–Crippen MR) is 67.2 cm³/mol. The fraction of sp³-hybridized carbons (Fsp3) is 0.200. The number of benzene rings is 1. The maximum Gasteiger partial charge on any atom is 0.0693 e. The van der Waals surface area contributed by atoms with E-state index < -0.39 is 0 Å². The molecule has 0 aliphatic heterocycles. The minimum absolute atomic E-state index is 0.0863. The number of rotatable bonds is 2. The van der Waals surface area contributed by atoms with Crippen LogP contribution in [-0.2, 0) is 6.61 Å². The lowest BCUT2D eigenvalue weighted by Gasteiger charge is -2.00. The molecule has 1 nitrogen and oxygen atoms in total. The van der Waals surface area contributed by atoms with Gasteiger partial charge in [0.2, 0.25) is 0 Å². The van der Waals surface area contributed by atoms with Crippen molar-refractivity contribution in [3.63, 3.8) is 0 Å². The Morgan fingerprint density at radius 2 is 2.29 bits per heavy atom. The van der Waals surface area contributed by atoms with E-state index in [0.717, 1.165) is 10.0 Å². The van der Waals surface area contributed by atoms with Crippen molar-refractivity contribution in [2.24, 2.45) is 0 Å². The molecule has 0 aliphatic carbocycles. The van der Waals surface area contributed by atoms with Crippen molar-refractivity contribution < 1.29 is 5.11 Å². The van der Waals surface area contributed by atoms with Crippen molar-refractivity contribution in [1.29, 1.82) is 0 Å². The van der Waals surface area contributed by atoms with E-state index in [9.17, 15) is 0 Å². The quantitative estimate of drug-likeness (QED) is 0.847. The fourth-order valence-corrected chi connectivity index (χ4v) is 3.72. The molecular formula is C10H9BrOS2. The van der Waals surface area contributed by atoms with E-state index in [1.165, 1.54) is 14.3 Å². The molecule has 1 N–H and O–H groups in total. The zero-order valence-electron chi connectivity index (χ0n) is 7.58. The Morgan fingerprint density at radius 3 is 2.93 bits per heavy atom. The van der Waals surface area contributed by atoms with Gasteiger partial charge in [-0.25, -0.2) is 0 Å². The maximum absolute atomic E-state index is 9.11. The first-order chi connectivity index (χ1) is 6.76. The van der Waals surface area contributed by atoms with Crippen LogP contribution in [0.15, 0.2) is 26.9 Å². The molecule has 1 aromatic heterocycles. The number of aliphatic hydroxyl groups is 1. The fourth-order valence-electron chi connectivity index (χ4n) is 1.31. The first kappa shape index (κ1) is 10.5. The topological polar surface area (TPSA) is 20.2 Å². The Balaban J connectivity index is 2.68. The van der Waals surface area contributed by atoms with Crippen LogP contribution in [0.5, 0.6) is 0 Å². The van der Waals surface area contributed by atoms with E-state index in [4.69, 9.17) is 5.11 Å². The van der Waals surface area contributed by atoms with Gasteiger partial charge in [0.15, 0.2) is 0 Å². The van der Waals surface area contributed by atoms with Crippen molar-refractivity contribution in [3.8, 4) is 0 Å². The number of thiophene rings is 1. The highest BCUT2D eigenvalue weighted by Gasteiger charge is 2.07. The van der Waals surface area contributed by atoms with Gasteiger partial charge in [-0.2, -0.15) is 0 Å². The molecule has 0 fully saturated rings. The molecule has 0 amide bonds. The normalized spacial score (nSPS) is 11.1. The Morgan fingerprint density at radius 1 is 1.50 bits per heavy atom. The standard InChI is InChI=1S/C10H9BrOS2/c1-13-8-4-6-2-3-7(5-12)9(11)10(6)14-8/h2-4,12H,5H2,1H3. The van der Waals surface area contributed by atoms with E-state index in [-0.39, 0.29) is 6.61 Å². The number of fused-ring (bicyclic) bond motifs is 1. The van der Waals surface area contributed by atoms with Crippen molar-refractivity contribution in [3.05, 3.63) is 28.2 Å². The summed E-state index contributed by atoms with van der Waals surface area (Å²) in [5.74, 6) is 0. The van der Waals surface area contributed by atoms with Crippen LogP contribution in [0.1, 0.15) is 5.56 Å². The molecular weight excluding hydrogens is 280 g/mol. The van der Waals surface area contributed by atoms with Crippen molar-refractivity contribution in [2.45, 2.75) is 10.8 Å². The van der Waals surface area contributed by atoms with Crippen LogP contribution in [0, 0.1) is 0 Å². The van der Waals surface area contributed by atoms with Crippen molar-refractivity contribution >= 4 is 49.1 Å². The van der Waals surface area contributed by atoms with Crippen molar-refractivity contribution in [1.82, 2.24) is 0 Å². The van der Waals surface area contributed by atoms with E-state index in [0.29, 0.717) is 0 Å². The average molecular weight is 289 g/mol. The summed E-state index contributed by atoms with van der Waals surface area (Å²) in [5.41, 5.74) is 0.951. The maximum atomic E-state index is 9.11. The van der Waals surface area contributed by atoms with E-state index in [1.54, 1.807) is 23.1 Å². The van der Waals surface area contributed by atoms with Crippen LogP contribution in [0.4, 0.5) is 0 Å². The van der Waals surface area contributed by atoms with Gasteiger partial charge in [-0.1, -0.05) is 12.1 Å². The highest BCUT2D eigenvalue weighted by molar-refractivity contribution is 9.10. The molecule has 0 spiro atoms. The molecule has 1 aromatic carbocycles. The van der Waals surface area contributed by atoms with Crippen LogP contribution in [0.2, 0.25) is 0 Å². The average Bonchev–Trinajstić information content (AvgIpc) is 2.62. The van der Waals surface area contributed by atoms with Gasteiger partial charge in [0.25, 0.3) is 0 Å². The summed E-state index contributed by atoms with van der Waals surface area (Å²) in [6, 6.07) is 6.20. The Bertz CT molecular complexity index is 464. The summed E-state index contributed by atoms with van der Waals surface area (Å²) < 4.78 is 3.56. The summed E-state index contributed by atoms with van der Waals surface area (Å²) in [6.07, 6.45) is 2.07. The van der Waals surface area contributed by atoms with E-state index in [2.05, 4.69) is 34.3 Å². The molecule has 1 heterocycles. The van der Waals surface area contributed by atoms with Crippen LogP contribution < -0.4 is 0 Å². The summed E-state index contributed by atoms with van der Waals surface area (Å²) in [6.45, 7) is 0.0863. The molecule has 0 bridgehead atoms. The third-order valence-electron chi connectivity index (χ3n) is 2.06. The minimum Gasteiger partial charge on any atom is -0.392 e. The number of halogens is 1. The third kappa shape index (κ3) is 1.72. The molecule has 0 saturated heterocycles. The highest BCUT2D eigenvalue weighted by Crippen LogP contribution is 2.37. The Labute approximate surface area is 99.3 Å². The molecule has 2 rings (SSSR count). The van der Waals surface area contributed by atoms with Crippen LogP contribution >= 0.6 is 39.0 Å². The smallest absolute Gasteiger partial charge is 0.0693 e. The lowest BCUT2D eigenvalue weighted by molar-refractivity contribution is 0.281. The second-order valence-corrected chi connectivity index (χ2v) is 5.84. The van der Waals surface area contributed by atoms with E-state index >= 15 is 0 Å². The molecule has 74 valence electrons. The van der Waals surface area contributed by atoms with Gasteiger partial charge in [-0.3, -0.25) is 0 Å². The molecule has 2 aromatic rings. The lowest BCUT2D eigenvalue weighted by atomic mass is 10.2. The first-order valence-corrected chi connectivity index (χ1v) is 6.95. The zero-order valence-corrected chi connectivity index (χ0v) is 10.8. The van der Waals surface area contributed by atoms with Gasteiger partial charge >= 0.3 is 0 Å². The van der Waals surface area contributed by atoms with Crippen LogP contribution in [0.25, 0.3) is 10.1 Å². The first-order valence-electron chi connectivity index (χ1n) is 4.12. The minimum atomic E-state index is 0.0863. The number of thioether (sulfide) groups is 1. The summed E-state index contributed by atoms with van der Waals surface area (Å²) in [4.78, 5) is 0. The van der Waals surface area contributed by atoms with Crippen molar-refractivity contribution in [2.75, 3.05) is 6.26 Å². The van der Waals surface area contributed by atoms with Gasteiger partial charge in [0.05, 0.1) is 15.5 Å². The molecule has 0 radical (unpaired) electrons. The van der Waals surface area contributed by atoms with Gasteiger partial charge in [0.1, 0.15) is 0 Å². The van der Waals surface area contributed by atoms with Gasteiger partial charge in [-0.15, -0.1) is 23.1 Å². The molecule has 0 atom stereocenters. The summed E-state index contributed by atoms with van der Waals surface area (Å²) in [7, 11) is 0. The molecule has 0 unspecified atom stereocenters. The highest BCUT2D eigenvalue weighted by atomic mass is 79.9. The molecule has 0 saturated carbocycles. The molecule has 14 heavy (non-hydrogen) atoms. The Kier molecular flexibility index (Phi) is 3.17. The molecule has 0 aliphatic rings. The SMILES string of the molecule is CSc1cc2ccc(CO)c(Br)c2s1. The number of hydrogen-bond donors (Lipinski definition) is 1. The summed E-state index contributed by atoms with van der Waals surface area (Å²) in [5, 5.41) is 10.4. The lowest BCUT2D eigenvalue weighted by Crippen LogP contribution is -1.83. The monoisotopic (exact) mass is 288 g/mol. The van der Waals surface area contributed by atoms with Gasteiger partial charge in [-0.05, 0) is 39.2 Å². The summed E-state index contributed by atoms with van der Waals surface area (Å²) >= 11 is 7.04. The van der Waals surface area contributed by atoms with Crippen LogP contribution in [-0.4, -0.2) is 11.4 Å². The van der Waals surface area contributed by atoms with E-state index in [1.807, 2.05) is 6.07 Å². The van der Waals surface area contributed by atoms with Gasteiger partial charge in [0, 0.05) is 4.47 Å². The second-order valence-electron chi connectivity index (χ2n) is 2.88.